The maximum atomic E-state index is 13.4. The zero-order valence-corrected chi connectivity index (χ0v) is 20.0. The number of hydrogen-bond donors (Lipinski definition) is 1. The monoisotopic (exact) mass is 545 g/mol. The predicted molar refractivity (Wildman–Crippen MR) is 134 cm³/mol. The molecule has 2 aromatic carbocycles. The van der Waals surface area contributed by atoms with Crippen LogP contribution in [0.3, 0.4) is 0 Å². The Morgan fingerprint density at radius 2 is 1.53 bits per heavy atom. The lowest BCUT2D eigenvalue weighted by molar-refractivity contribution is -0.134. The van der Waals surface area contributed by atoms with Gasteiger partial charge in [0.15, 0.2) is 5.78 Å². The molecule has 0 saturated carbocycles. The third-order valence-electron chi connectivity index (χ3n) is 4.71. The average molecular weight is 545 g/mol. The van der Waals surface area contributed by atoms with Crippen LogP contribution in [0.1, 0.15) is 24.2 Å². The van der Waals surface area contributed by atoms with Gasteiger partial charge in [-0.2, -0.15) is 0 Å². The highest BCUT2D eigenvalue weighted by atomic mass is 127. The Bertz CT molecular complexity index is 1010. The molecule has 1 N–H and O–H groups in total. The van der Waals surface area contributed by atoms with Crippen molar-refractivity contribution < 1.29 is 18.8 Å². The minimum atomic E-state index is -1.24. The number of rotatable bonds is 10. The SMILES string of the molecule is CC(C)C(=O)C(C(=O)Nc1ccccc1)C(/C=C/C=C\C=C/I)C(=O)c1ccc(F)cc1. The summed E-state index contributed by atoms with van der Waals surface area (Å²) in [5.41, 5.74) is 0.759. The molecular formula is C26H25FINO3. The second kappa shape index (κ2) is 12.9. The number of amides is 1. The normalized spacial score (nSPS) is 13.7. The molecule has 0 aliphatic heterocycles. The van der Waals surface area contributed by atoms with E-state index in [9.17, 15) is 18.8 Å². The number of carbonyl (C=O) groups is 3. The first-order valence-corrected chi connectivity index (χ1v) is 11.4. The van der Waals surface area contributed by atoms with Gasteiger partial charge in [0, 0.05) is 17.2 Å². The first kappa shape index (κ1) is 25.4. The van der Waals surface area contributed by atoms with Crippen LogP contribution >= 0.6 is 22.6 Å². The summed E-state index contributed by atoms with van der Waals surface area (Å²) in [5, 5.41) is 2.75. The van der Waals surface area contributed by atoms with E-state index in [1.807, 2.05) is 10.1 Å². The van der Waals surface area contributed by atoms with Crippen LogP contribution in [0.2, 0.25) is 0 Å². The fraction of sp³-hybridized carbons (Fsp3) is 0.192. The quantitative estimate of drug-likeness (QED) is 0.168. The first-order chi connectivity index (χ1) is 15.3. The van der Waals surface area contributed by atoms with E-state index in [1.165, 1.54) is 24.3 Å². The van der Waals surface area contributed by atoms with Crippen molar-refractivity contribution in [1.82, 2.24) is 0 Å². The lowest BCUT2D eigenvalue weighted by Crippen LogP contribution is -2.40. The number of hydrogen-bond acceptors (Lipinski definition) is 3. The fourth-order valence-corrected chi connectivity index (χ4v) is 3.32. The van der Waals surface area contributed by atoms with Crippen molar-refractivity contribution in [3.8, 4) is 0 Å². The topological polar surface area (TPSA) is 63.2 Å². The molecule has 166 valence electrons. The molecule has 2 unspecified atom stereocenters. The molecule has 6 heteroatoms. The highest BCUT2D eigenvalue weighted by Gasteiger charge is 2.38. The van der Waals surface area contributed by atoms with Gasteiger partial charge in [0.05, 0.1) is 5.92 Å². The van der Waals surface area contributed by atoms with Crippen LogP contribution in [0, 0.1) is 23.6 Å². The molecular weight excluding hydrogens is 520 g/mol. The first-order valence-electron chi connectivity index (χ1n) is 10.1. The zero-order chi connectivity index (χ0) is 23.5. The summed E-state index contributed by atoms with van der Waals surface area (Å²) in [5.74, 6) is -4.56. The molecule has 1 amide bonds. The van der Waals surface area contributed by atoms with Gasteiger partial charge in [-0.05, 0) is 40.5 Å². The lowest BCUT2D eigenvalue weighted by Gasteiger charge is -2.24. The smallest absolute Gasteiger partial charge is 0.236 e. The van der Waals surface area contributed by atoms with Gasteiger partial charge in [0.25, 0.3) is 0 Å². The van der Waals surface area contributed by atoms with Gasteiger partial charge in [-0.15, -0.1) is 0 Å². The number of nitrogens with one attached hydrogen (secondary N) is 1. The largest absolute Gasteiger partial charge is 0.325 e. The Kier molecular flexibility index (Phi) is 10.2. The van der Waals surface area contributed by atoms with Gasteiger partial charge in [-0.25, -0.2) is 4.39 Å². The summed E-state index contributed by atoms with van der Waals surface area (Å²) < 4.78 is 15.2. The molecule has 32 heavy (non-hydrogen) atoms. The molecule has 4 nitrogen and oxygen atoms in total. The molecule has 0 heterocycles. The highest BCUT2D eigenvalue weighted by molar-refractivity contribution is 14.1. The zero-order valence-electron chi connectivity index (χ0n) is 17.9. The molecule has 0 aliphatic rings. The molecule has 0 radical (unpaired) electrons. The van der Waals surface area contributed by atoms with Crippen molar-refractivity contribution in [3.05, 3.63) is 100 Å². The van der Waals surface area contributed by atoms with Crippen LogP contribution in [0.15, 0.2) is 89.1 Å². The van der Waals surface area contributed by atoms with E-state index in [0.717, 1.165) is 0 Å². The molecule has 0 aromatic heterocycles. The number of allylic oxidation sites excluding steroid dienone is 5. The number of halogens is 2. The van der Waals surface area contributed by atoms with Gasteiger partial charge >= 0.3 is 0 Å². The van der Waals surface area contributed by atoms with Crippen molar-refractivity contribution in [1.29, 1.82) is 0 Å². The highest BCUT2D eigenvalue weighted by Crippen LogP contribution is 2.26. The van der Waals surface area contributed by atoms with Crippen LogP contribution < -0.4 is 5.32 Å². The van der Waals surface area contributed by atoms with Gasteiger partial charge in [0.1, 0.15) is 17.5 Å². The molecule has 0 bridgehead atoms. The Morgan fingerprint density at radius 1 is 0.906 bits per heavy atom. The third-order valence-corrected chi connectivity index (χ3v) is 5.13. The molecule has 0 spiro atoms. The van der Waals surface area contributed by atoms with Crippen molar-refractivity contribution >= 4 is 45.8 Å². The summed E-state index contributed by atoms with van der Waals surface area (Å²) in [6.07, 6.45) is 8.48. The van der Waals surface area contributed by atoms with E-state index in [2.05, 4.69) is 27.9 Å². The second-order valence-corrected chi connectivity index (χ2v) is 8.09. The minimum absolute atomic E-state index is 0.228. The van der Waals surface area contributed by atoms with E-state index < -0.39 is 35.3 Å². The number of para-hydroxylation sites is 1. The Labute approximate surface area is 201 Å². The summed E-state index contributed by atoms with van der Waals surface area (Å²) in [6, 6.07) is 13.8. The fourth-order valence-electron chi connectivity index (χ4n) is 3.08. The predicted octanol–water partition coefficient (Wildman–Crippen LogP) is 6.17. The molecule has 0 aliphatic carbocycles. The van der Waals surface area contributed by atoms with E-state index in [1.54, 1.807) is 68.5 Å². The van der Waals surface area contributed by atoms with Gasteiger partial charge in [-0.1, -0.05) is 85.0 Å². The summed E-state index contributed by atoms with van der Waals surface area (Å²) in [4.78, 5) is 39.7. The van der Waals surface area contributed by atoms with E-state index >= 15 is 0 Å². The minimum Gasteiger partial charge on any atom is -0.325 e. The lowest BCUT2D eigenvalue weighted by atomic mass is 9.79. The second-order valence-electron chi connectivity index (χ2n) is 7.38. The number of carbonyl (C=O) groups excluding carboxylic acids is 3. The Morgan fingerprint density at radius 3 is 2.12 bits per heavy atom. The number of anilines is 1. The average Bonchev–Trinajstić information content (AvgIpc) is 2.78. The van der Waals surface area contributed by atoms with Crippen LogP contribution in [0.25, 0.3) is 0 Å². The van der Waals surface area contributed by atoms with Crippen LogP contribution in [-0.2, 0) is 9.59 Å². The Balaban J connectivity index is 2.48. The molecule has 2 atom stereocenters. The van der Waals surface area contributed by atoms with Crippen molar-refractivity contribution in [2.75, 3.05) is 5.32 Å². The number of benzene rings is 2. The molecule has 2 rings (SSSR count). The molecule has 0 fully saturated rings. The standard InChI is InChI=1S/C26H25FINO3/c1-18(2)24(30)23(26(32)29-21-10-6-5-7-11-21)22(12-8-3-4-9-17-28)25(31)19-13-15-20(27)16-14-19/h3-18,22-23H,1-2H3,(H,29,32)/b4-3-,12-8+,17-9-. The van der Waals surface area contributed by atoms with Crippen LogP contribution in [0.5, 0.6) is 0 Å². The molecule has 2 aromatic rings. The van der Waals surface area contributed by atoms with E-state index in [0.29, 0.717) is 5.69 Å². The summed E-state index contributed by atoms with van der Waals surface area (Å²) in [6.45, 7) is 3.39. The van der Waals surface area contributed by atoms with E-state index in [4.69, 9.17) is 0 Å². The van der Waals surface area contributed by atoms with Crippen LogP contribution in [0.4, 0.5) is 10.1 Å². The van der Waals surface area contributed by atoms with Crippen molar-refractivity contribution in [3.63, 3.8) is 0 Å². The number of Topliss-reactive ketones (excluding diaryl/α,β-unsaturated/α-hetero) is 2. The van der Waals surface area contributed by atoms with Gasteiger partial charge < -0.3 is 5.32 Å². The van der Waals surface area contributed by atoms with Crippen molar-refractivity contribution in [2.24, 2.45) is 17.8 Å². The third kappa shape index (κ3) is 7.37. The maximum absolute atomic E-state index is 13.4. The summed E-state index contributed by atoms with van der Waals surface area (Å²) in [7, 11) is 0. The van der Waals surface area contributed by atoms with E-state index in [-0.39, 0.29) is 11.3 Å². The van der Waals surface area contributed by atoms with Crippen LogP contribution in [-0.4, -0.2) is 17.5 Å². The van der Waals surface area contributed by atoms with Gasteiger partial charge in [0.2, 0.25) is 5.91 Å². The maximum Gasteiger partial charge on any atom is 0.236 e. The van der Waals surface area contributed by atoms with Gasteiger partial charge in [-0.3, -0.25) is 14.4 Å². The Hall–Kier alpha value is -2.87. The molecule has 0 saturated heterocycles. The van der Waals surface area contributed by atoms with Crippen molar-refractivity contribution in [2.45, 2.75) is 13.8 Å². The number of ketones is 2. The summed E-state index contributed by atoms with van der Waals surface area (Å²) >= 11 is 2.08.